The molecule has 3 atom stereocenters. The first-order chi connectivity index (χ1) is 18.3. The van der Waals surface area contributed by atoms with Gasteiger partial charge in [-0.1, -0.05) is 6.92 Å². The lowest BCUT2D eigenvalue weighted by molar-refractivity contribution is -0.134. The fraction of sp³-hybridized carbons (Fsp3) is 0.690. The van der Waals surface area contributed by atoms with Crippen molar-refractivity contribution in [1.29, 1.82) is 0 Å². The third kappa shape index (κ3) is 4.83. The molecule has 8 nitrogen and oxygen atoms in total. The van der Waals surface area contributed by atoms with Crippen LogP contribution in [0.15, 0.2) is 12.1 Å². The highest BCUT2D eigenvalue weighted by molar-refractivity contribution is 6.02. The van der Waals surface area contributed by atoms with E-state index in [-0.39, 0.29) is 24.1 Å². The Balaban J connectivity index is 1.12. The summed E-state index contributed by atoms with van der Waals surface area (Å²) in [5.74, 6) is -0.287. The average Bonchev–Trinajstić information content (AvgIpc) is 3.21. The van der Waals surface area contributed by atoms with Crippen LogP contribution in [-0.4, -0.2) is 72.3 Å². The van der Waals surface area contributed by atoms with E-state index in [0.717, 1.165) is 31.6 Å². The molecule has 1 spiro atoms. The smallest absolute Gasteiger partial charge is 0.235 e. The van der Waals surface area contributed by atoms with Crippen LogP contribution in [0.3, 0.4) is 0 Å². The van der Waals surface area contributed by atoms with E-state index in [9.17, 15) is 9.59 Å². The van der Waals surface area contributed by atoms with E-state index >= 15 is 4.39 Å². The van der Waals surface area contributed by atoms with Crippen molar-refractivity contribution in [3.05, 3.63) is 23.6 Å². The van der Waals surface area contributed by atoms with Gasteiger partial charge in [0.15, 0.2) is 0 Å². The zero-order valence-corrected chi connectivity index (χ0v) is 22.8. The minimum absolute atomic E-state index is 0.261. The molecule has 4 aliphatic rings. The highest BCUT2D eigenvalue weighted by Crippen LogP contribution is 2.40. The molecule has 1 unspecified atom stereocenters. The molecule has 38 heavy (non-hydrogen) atoms. The SMILES string of the molecule is C[C@@H]1CN(c2cc3c(cc2F)c(C2CCC(=O)NC2=O)nn3C)CC[C@@H]1CN1CCC2(CCNCC2)CC1. The monoisotopic (exact) mass is 524 g/mol. The Labute approximate surface area is 224 Å². The summed E-state index contributed by atoms with van der Waals surface area (Å²) in [7, 11) is 1.83. The maximum atomic E-state index is 15.5. The third-order valence-electron chi connectivity index (χ3n) is 10.0. The lowest BCUT2D eigenvalue weighted by Gasteiger charge is -2.46. The van der Waals surface area contributed by atoms with Gasteiger partial charge in [-0.2, -0.15) is 5.10 Å². The molecule has 0 radical (unpaired) electrons. The van der Waals surface area contributed by atoms with Crippen LogP contribution in [-0.2, 0) is 16.6 Å². The molecule has 4 aliphatic heterocycles. The van der Waals surface area contributed by atoms with Crippen molar-refractivity contribution >= 4 is 28.4 Å². The Morgan fingerprint density at radius 1 is 1.08 bits per heavy atom. The number of imide groups is 1. The highest BCUT2D eigenvalue weighted by atomic mass is 19.1. The van der Waals surface area contributed by atoms with E-state index in [1.165, 1.54) is 57.9 Å². The summed E-state index contributed by atoms with van der Waals surface area (Å²) in [6.07, 6.45) is 7.07. The van der Waals surface area contributed by atoms with E-state index in [1.54, 1.807) is 4.68 Å². The Bertz CT molecular complexity index is 1210. The maximum Gasteiger partial charge on any atom is 0.235 e. The third-order valence-corrected chi connectivity index (χ3v) is 10.0. The number of halogens is 1. The molecular weight excluding hydrogens is 483 g/mol. The molecule has 2 aromatic rings. The molecule has 0 bridgehead atoms. The van der Waals surface area contributed by atoms with Crippen molar-refractivity contribution in [3.8, 4) is 0 Å². The van der Waals surface area contributed by atoms with Gasteiger partial charge < -0.3 is 15.1 Å². The number of nitrogens with zero attached hydrogens (tertiary/aromatic N) is 4. The predicted molar refractivity (Wildman–Crippen MR) is 145 cm³/mol. The summed E-state index contributed by atoms with van der Waals surface area (Å²) in [6.45, 7) is 9.94. The van der Waals surface area contributed by atoms with E-state index in [1.807, 2.05) is 13.1 Å². The topological polar surface area (TPSA) is 82.5 Å². The summed E-state index contributed by atoms with van der Waals surface area (Å²) in [5.41, 5.74) is 2.57. The Kier molecular flexibility index (Phi) is 6.93. The van der Waals surface area contributed by atoms with Gasteiger partial charge in [0.25, 0.3) is 0 Å². The largest absolute Gasteiger partial charge is 0.369 e. The van der Waals surface area contributed by atoms with Crippen LogP contribution in [0, 0.1) is 23.1 Å². The minimum Gasteiger partial charge on any atom is -0.369 e. The first-order valence-corrected chi connectivity index (χ1v) is 14.5. The molecule has 1 aromatic heterocycles. The second kappa shape index (κ2) is 10.2. The first kappa shape index (κ1) is 25.7. The van der Waals surface area contributed by atoms with Crippen LogP contribution in [0.4, 0.5) is 10.1 Å². The fourth-order valence-corrected chi connectivity index (χ4v) is 7.43. The van der Waals surface area contributed by atoms with E-state index in [4.69, 9.17) is 0 Å². The summed E-state index contributed by atoms with van der Waals surface area (Å²) in [5, 5.41) is 11.2. The lowest BCUT2D eigenvalue weighted by Crippen LogP contribution is -2.49. The van der Waals surface area contributed by atoms with Gasteiger partial charge in [-0.25, -0.2) is 4.39 Å². The van der Waals surface area contributed by atoms with Crippen molar-refractivity contribution in [2.75, 3.05) is 50.7 Å². The number of amides is 2. The number of likely N-dealkylation sites (tertiary alicyclic amines) is 1. The number of aryl methyl sites for hydroxylation is 1. The number of aromatic nitrogens is 2. The lowest BCUT2D eigenvalue weighted by atomic mass is 9.71. The van der Waals surface area contributed by atoms with E-state index in [0.29, 0.717) is 40.4 Å². The molecule has 2 N–H and O–H groups in total. The molecular formula is C29H41FN6O2. The zero-order chi connectivity index (χ0) is 26.4. The van der Waals surface area contributed by atoms with Crippen molar-refractivity contribution in [2.24, 2.45) is 24.3 Å². The minimum atomic E-state index is -0.531. The normalized spacial score (nSPS) is 28.7. The number of hydrogen-bond acceptors (Lipinski definition) is 6. The summed E-state index contributed by atoms with van der Waals surface area (Å²) >= 11 is 0. The Morgan fingerprint density at radius 2 is 1.84 bits per heavy atom. The number of hydrogen-bond donors (Lipinski definition) is 2. The first-order valence-electron chi connectivity index (χ1n) is 14.5. The highest BCUT2D eigenvalue weighted by Gasteiger charge is 2.37. The van der Waals surface area contributed by atoms with Crippen molar-refractivity contribution < 1.29 is 14.0 Å². The zero-order valence-electron chi connectivity index (χ0n) is 22.8. The van der Waals surface area contributed by atoms with Crippen LogP contribution in [0.5, 0.6) is 0 Å². The molecule has 206 valence electrons. The van der Waals surface area contributed by atoms with Gasteiger partial charge in [0, 0.05) is 38.5 Å². The van der Waals surface area contributed by atoms with Crippen LogP contribution < -0.4 is 15.5 Å². The maximum absolute atomic E-state index is 15.5. The van der Waals surface area contributed by atoms with Gasteiger partial charge in [-0.15, -0.1) is 0 Å². The second-order valence-electron chi connectivity index (χ2n) is 12.4. The number of carbonyl (C=O) groups excluding carboxylic acids is 2. The van der Waals surface area contributed by atoms with Gasteiger partial charge in [-0.05, 0) is 94.1 Å². The van der Waals surface area contributed by atoms with Gasteiger partial charge in [0.05, 0.1) is 22.8 Å². The number of carbonyl (C=O) groups is 2. The Morgan fingerprint density at radius 3 is 2.55 bits per heavy atom. The molecule has 1 aromatic carbocycles. The van der Waals surface area contributed by atoms with Crippen molar-refractivity contribution in [1.82, 2.24) is 25.3 Å². The van der Waals surface area contributed by atoms with Gasteiger partial charge >= 0.3 is 0 Å². The standard InChI is InChI=1S/C29H41FN6O2/c1-19-17-36(12-5-20(19)18-35-13-8-29(9-14-35)6-10-31-11-7-29)25-16-24-22(15-23(25)30)27(33-34(24)2)21-3-4-26(37)32-28(21)38/h15-16,19-21,31H,3-14,17-18H2,1-2H3,(H,32,37,38)/t19-,20-,21?/m1/s1. The van der Waals surface area contributed by atoms with Gasteiger partial charge in [0.1, 0.15) is 5.82 Å². The molecule has 5 heterocycles. The number of nitrogens with one attached hydrogen (secondary N) is 2. The van der Waals surface area contributed by atoms with Crippen molar-refractivity contribution in [2.45, 2.75) is 57.8 Å². The molecule has 0 saturated carbocycles. The summed E-state index contributed by atoms with van der Waals surface area (Å²) in [6, 6.07) is 3.43. The van der Waals surface area contributed by atoms with Crippen LogP contribution in [0.1, 0.15) is 63.5 Å². The Hall–Kier alpha value is -2.52. The molecule has 0 aliphatic carbocycles. The fourth-order valence-electron chi connectivity index (χ4n) is 7.43. The van der Waals surface area contributed by atoms with E-state index in [2.05, 4.69) is 32.5 Å². The van der Waals surface area contributed by atoms with Crippen molar-refractivity contribution in [3.63, 3.8) is 0 Å². The molecule has 2 amide bonds. The van der Waals surface area contributed by atoms with Crippen LogP contribution in [0.2, 0.25) is 0 Å². The average molecular weight is 525 g/mol. The number of fused-ring (bicyclic) bond motifs is 1. The van der Waals surface area contributed by atoms with Gasteiger partial charge in [0.2, 0.25) is 11.8 Å². The van der Waals surface area contributed by atoms with Crippen LogP contribution in [0.25, 0.3) is 10.9 Å². The number of rotatable bonds is 4. The van der Waals surface area contributed by atoms with Gasteiger partial charge in [-0.3, -0.25) is 19.6 Å². The number of benzene rings is 1. The number of piperidine rings is 4. The quantitative estimate of drug-likeness (QED) is 0.598. The molecule has 6 rings (SSSR count). The summed E-state index contributed by atoms with van der Waals surface area (Å²) in [4.78, 5) is 28.9. The second-order valence-corrected chi connectivity index (χ2v) is 12.4. The molecule has 9 heteroatoms. The predicted octanol–water partition coefficient (Wildman–Crippen LogP) is 3.16. The molecule has 4 fully saturated rings. The van der Waals surface area contributed by atoms with E-state index < -0.39 is 5.92 Å². The molecule has 4 saturated heterocycles. The van der Waals surface area contributed by atoms with Crippen LogP contribution >= 0.6 is 0 Å². The summed E-state index contributed by atoms with van der Waals surface area (Å²) < 4.78 is 17.3. The number of anilines is 1.